The van der Waals surface area contributed by atoms with Gasteiger partial charge in [0.05, 0.1) is 0 Å². The Balaban J connectivity index is 2.13. The molecule has 0 aromatic heterocycles. The van der Waals surface area contributed by atoms with Crippen molar-refractivity contribution in [3.05, 3.63) is 0 Å². The number of rotatable bonds is 5. The highest BCUT2D eigenvalue weighted by atomic mass is 16.1. The van der Waals surface area contributed by atoms with Crippen LogP contribution in [0.4, 0.5) is 0 Å². The number of carbonyl (C=O) groups is 1. The van der Waals surface area contributed by atoms with Crippen molar-refractivity contribution in [2.45, 2.75) is 32.6 Å². The number of amides is 1. The van der Waals surface area contributed by atoms with Crippen molar-refractivity contribution < 1.29 is 4.79 Å². The Hall–Kier alpha value is -0.570. The molecule has 1 heterocycles. The molecule has 1 amide bonds. The van der Waals surface area contributed by atoms with E-state index in [1.54, 1.807) is 0 Å². The Bertz CT molecular complexity index is 170. The summed E-state index contributed by atoms with van der Waals surface area (Å²) in [5, 5.41) is 0. The lowest BCUT2D eigenvalue weighted by Gasteiger charge is -2.14. The summed E-state index contributed by atoms with van der Waals surface area (Å²) in [7, 11) is 0. The Morgan fingerprint density at radius 1 is 1.62 bits per heavy atom. The molecule has 0 saturated carbocycles. The fraction of sp³-hybridized carbons (Fsp3) is 0.900. The highest BCUT2D eigenvalue weighted by Gasteiger charge is 2.21. The number of primary amides is 1. The van der Waals surface area contributed by atoms with Crippen LogP contribution in [0.2, 0.25) is 0 Å². The number of nitrogens with two attached hydrogens (primary N) is 1. The van der Waals surface area contributed by atoms with E-state index in [-0.39, 0.29) is 5.91 Å². The van der Waals surface area contributed by atoms with Gasteiger partial charge in [0.15, 0.2) is 0 Å². The minimum absolute atomic E-state index is 0.182. The summed E-state index contributed by atoms with van der Waals surface area (Å²) in [6.07, 6.45) is 4.41. The van der Waals surface area contributed by atoms with Crippen molar-refractivity contribution in [1.29, 1.82) is 0 Å². The van der Waals surface area contributed by atoms with Gasteiger partial charge in [-0.2, -0.15) is 0 Å². The van der Waals surface area contributed by atoms with Gasteiger partial charge in [0.2, 0.25) is 5.91 Å². The van der Waals surface area contributed by atoms with Crippen LogP contribution in [-0.4, -0.2) is 30.4 Å². The zero-order valence-electron chi connectivity index (χ0n) is 8.46. The molecule has 1 aliphatic rings. The van der Waals surface area contributed by atoms with Gasteiger partial charge in [-0.15, -0.1) is 0 Å². The van der Waals surface area contributed by atoms with E-state index in [4.69, 9.17) is 5.73 Å². The largest absolute Gasteiger partial charge is 0.370 e. The van der Waals surface area contributed by atoms with Gasteiger partial charge in [0, 0.05) is 19.5 Å². The Labute approximate surface area is 80.3 Å². The first-order valence-corrected chi connectivity index (χ1v) is 5.23. The van der Waals surface area contributed by atoms with E-state index in [0.29, 0.717) is 6.42 Å². The quantitative estimate of drug-likeness (QED) is 0.692. The zero-order chi connectivity index (χ0) is 9.68. The van der Waals surface area contributed by atoms with E-state index in [2.05, 4.69) is 11.8 Å². The summed E-state index contributed by atoms with van der Waals surface area (Å²) >= 11 is 0. The maximum Gasteiger partial charge on any atom is 0.218 e. The van der Waals surface area contributed by atoms with Gasteiger partial charge in [-0.05, 0) is 25.3 Å². The molecule has 1 aliphatic heterocycles. The number of likely N-dealkylation sites (tertiary alicyclic amines) is 1. The van der Waals surface area contributed by atoms with Crippen LogP contribution in [0.25, 0.3) is 0 Å². The second kappa shape index (κ2) is 5.22. The van der Waals surface area contributed by atoms with Gasteiger partial charge in [-0.1, -0.05) is 13.3 Å². The van der Waals surface area contributed by atoms with Crippen molar-refractivity contribution in [2.24, 2.45) is 11.7 Å². The van der Waals surface area contributed by atoms with Gasteiger partial charge in [-0.3, -0.25) is 4.79 Å². The highest BCUT2D eigenvalue weighted by molar-refractivity contribution is 5.73. The van der Waals surface area contributed by atoms with Crippen molar-refractivity contribution in [3.63, 3.8) is 0 Å². The second-order valence-electron chi connectivity index (χ2n) is 3.96. The summed E-state index contributed by atoms with van der Waals surface area (Å²) in [5.41, 5.74) is 5.10. The van der Waals surface area contributed by atoms with Crippen molar-refractivity contribution in [1.82, 2.24) is 4.90 Å². The standard InChI is InChI=1S/C10H20N2O/c1-2-3-9-4-6-12(8-9)7-5-10(11)13/h9H,2-8H2,1H3,(H2,11,13). The lowest BCUT2D eigenvalue weighted by Crippen LogP contribution is -2.26. The molecular weight excluding hydrogens is 164 g/mol. The Kier molecular flexibility index (Phi) is 4.22. The first-order chi connectivity index (χ1) is 6.22. The van der Waals surface area contributed by atoms with E-state index in [1.807, 2.05) is 0 Å². The van der Waals surface area contributed by atoms with E-state index in [1.165, 1.54) is 25.8 Å². The molecule has 2 N–H and O–H groups in total. The molecule has 0 aromatic carbocycles. The molecule has 0 radical (unpaired) electrons. The van der Waals surface area contributed by atoms with Gasteiger partial charge < -0.3 is 10.6 Å². The third-order valence-electron chi connectivity index (χ3n) is 2.74. The number of hydrogen-bond donors (Lipinski definition) is 1. The molecular formula is C10H20N2O. The van der Waals surface area contributed by atoms with E-state index >= 15 is 0 Å². The third-order valence-corrected chi connectivity index (χ3v) is 2.74. The summed E-state index contributed by atoms with van der Waals surface area (Å²) in [4.78, 5) is 12.9. The molecule has 76 valence electrons. The van der Waals surface area contributed by atoms with Crippen LogP contribution in [0, 0.1) is 5.92 Å². The molecule has 1 unspecified atom stereocenters. The predicted molar refractivity (Wildman–Crippen MR) is 53.3 cm³/mol. The molecule has 13 heavy (non-hydrogen) atoms. The fourth-order valence-electron chi connectivity index (χ4n) is 2.03. The van der Waals surface area contributed by atoms with Crippen LogP contribution in [0.3, 0.4) is 0 Å². The Morgan fingerprint density at radius 2 is 2.38 bits per heavy atom. The molecule has 1 fully saturated rings. The van der Waals surface area contributed by atoms with Crippen LogP contribution < -0.4 is 5.73 Å². The summed E-state index contributed by atoms with van der Waals surface area (Å²) in [5.74, 6) is 0.678. The first kappa shape index (κ1) is 10.5. The molecule has 1 saturated heterocycles. The lowest BCUT2D eigenvalue weighted by atomic mass is 10.0. The molecule has 3 nitrogen and oxygen atoms in total. The molecule has 3 heteroatoms. The normalized spacial score (nSPS) is 23.6. The maximum absolute atomic E-state index is 10.6. The molecule has 1 rings (SSSR count). The fourth-order valence-corrected chi connectivity index (χ4v) is 2.03. The molecule has 1 atom stereocenters. The van der Waals surface area contributed by atoms with Crippen LogP contribution in [0.1, 0.15) is 32.6 Å². The van der Waals surface area contributed by atoms with Crippen molar-refractivity contribution >= 4 is 5.91 Å². The van der Waals surface area contributed by atoms with Crippen molar-refractivity contribution in [3.8, 4) is 0 Å². The van der Waals surface area contributed by atoms with E-state index in [9.17, 15) is 4.79 Å². The molecule has 0 bridgehead atoms. The van der Waals surface area contributed by atoms with Crippen molar-refractivity contribution in [2.75, 3.05) is 19.6 Å². The van der Waals surface area contributed by atoms with Crippen LogP contribution in [0.5, 0.6) is 0 Å². The first-order valence-electron chi connectivity index (χ1n) is 5.23. The van der Waals surface area contributed by atoms with Gasteiger partial charge >= 0.3 is 0 Å². The monoisotopic (exact) mass is 184 g/mol. The van der Waals surface area contributed by atoms with Crippen LogP contribution in [-0.2, 0) is 4.79 Å². The van der Waals surface area contributed by atoms with Gasteiger partial charge in [0.25, 0.3) is 0 Å². The smallest absolute Gasteiger partial charge is 0.218 e. The minimum Gasteiger partial charge on any atom is -0.370 e. The number of carbonyl (C=O) groups excluding carboxylic acids is 1. The highest BCUT2D eigenvalue weighted by Crippen LogP contribution is 2.20. The molecule has 0 aromatic rings. The SMILES string of the molecule is CCCC1CCN(CCC(N)=O)C1. The summed E-state index contributed by atoms with van der Waals surface area (Å²) in [6.45, 7) is 5.40. The summed E-state index contributed by atoms with van der Waals surface area (Å²) < 4.78 is 0. The minimum atomic E-state index is -0.182. The average molecular weight is 184 g/mol. The van der Waals surface area contributed by atoms with Gasteiger partial charge in [-0.25, -0.2) is 0 Å². The topological polar surface area (TPSA) is 46.3 Å². The van der Waals surface area contributed by atoms with Crippen LogP contribution in [0.15, 0.2) is 0 Å². The zero-order valence-corrected chi connectivity index (χ0v) is 8.46. The van der Waals surface area contributed by atoms with E-state index < -0.39 is 0 Å². The number of hydrogen-bond acceptors (Lipinski definition) is 2. The number of nitrogens with zero attached hydrogens (tertiary/aromatic N) is 1. The predicted octanol–water partition coefficient (Wildman–Crippen LogP) is 0.984. The second-order valence-corrected chi connectivity index (χ2v) is 3.96. The van der Waals surface area contributed by atoms with Crippen LogP contribution >= 0.6 is 0 Å². The average Bonchev–Trinajstić information content (AvgIpc) is 2.50. The maximum atomic E-state index is 10.6. The molecule has 0 spiro atoms. The third kappa shape index (κ3) is 3.77. The lowest BCUT2D eigenvalue weighted by molar-refractivity contribution is -0.118. The molecule has 0 aliphatic carbocycles. The summed E-state index contributed by atoms with van der Waals surface area (Å²) in [6, 6.07) is 0. The Morgan fingerprint density at radius 3 is 3.00 bits per heavy atom. The van der Waals surface area contributed by atoms with E-state index in [0.717, 1.165) is 19.0 Å². The van der Waals surface area contributed by atoms with Gasteiger partial charge in [0.1, 0.15) is 0 Å².